The van der Waals surface area contributed by atoms with Crippen LogP contribution >= 0.6 is 0 Å². The van der Waals surface area contributed by atoms with Crippen LogP contribution in [0.3, 0.4) is 0 Å². The number of fused-ring (bicyclic) bond motifs is 3. The summed E-state index contributed by atoms with van der Waals surface area (Å²) >= 11 is 0. The van der Waals surface area contributed by atoms with Gasteiger partial charge in [-0.1, -0.05) is 140 Å². The zero-order valence-corrected chi connectivity index (χ0v) is 26.6. The molecule has 0 atom stereocenters. The van der Waals surface area contributed by atoms with Gasteiger partial charge in [0.25, 0.3) is 0 Å². The number of hydrogen-bond acceptors (Lipinski definition) is 3. The van der Waals surface area contributed by atoms with Crippen molar-refractivity contribution in [3.8, 4) is 62.1 Å². The van der Waals surface area contributed by atoms with Crippen LogP contribution in [0.4, 0.5) is 0 Å². The van der Waals surface area contributed by atoms with Crippen molar-refractivity contribution in [3.63, 3.8) is 0 Å². The molecule has 4 heteroatoms. The number of benzene rings is 7. The number of aromatic nitrogens is 4. The average Bonchev–Trinajstić information content (AvgIpc) is 3.53. The molecule has 2 aromatic heterocycles. The van der Waals surface area contributed by atoms with E-state index in [9.17, 15) is 0 Å². The zero-order valence-electron chi connectivity index (χ0n) is 26.6. The molecule has 0 unspecified atom stereocenters. The third kappa shape index (κ3) is 5.26. The highest BCUT2D eigenvalue weighted by atomic mass is 15.0. The Kier molecular flexibility index (Phi) is 7.10. The lowest BCUT2D eigenvalue weighted by Gasteiger charge is -2.14. The van der Waals surface area contributed by atoms with E-state index in [0.717, 1.165) is 27.9 Å². The topological polar surface area (TPSA) is 43.6 Å². The molecule has 9 aromatic rings. The van der Waals surface area contributed by atoms with Crippen molar-refractivity contribution in [2.75, 3.05) is 0 Å². The van der Waals surface area contributed by atoms with Gasteiger partial charge in [0.1, 0.15) is 0 Å². The molecule has 0 bridgehead atoms. The summed E-state index contributed by atoms with van der Waals surface area (Å²) in [6.45, 7) is 0. The number of nitrogens with zero attached hydrogens (tertiary/aromatic N) is 4. The molecule has 0 spiro atoms. The summed E-state index contributed by atoms with van der Waals surface area (Å²) in [4.78, 5) is 14.8. The van der Waals surface area contributed by atoms with E-state index in [1.807, 2.05) is 60.7 Å². The minimum absolute atomic E-state index is 0.638. The van der Waals surface area contributed by atoms with E-state index in [1.54, 1.807) is 0 Å². The normalized spacial score (nSPS) is 11.3. The van der Waals surface area contributed by atoms with Crippen molar-refractivity contribution in [1.82, 2.24) is 19.5 Å². The van der Waals surface area contributed by atoms with Gasteiger partial charge in [0, 0.05) is 38.7 Å². The lowest BCUT2D eigenvalue weighted by atomic mass is 9.95. The predicted octanol–water partition coefficient (Wildman–Crippen LogP) is 11.3. The van der Waals surface area contributed by atoms with Gasteiger partial charge < -0.3 is 4.57 Å². The Morgan fingerprint density at radius 2 is 0.776 bits per heavy atom. The van der Waals surface area contributed by atoms with E-state index >= 15 is 0 Å². The number of rotatable bonds is 6. The predicted molar refractivity (Wildman–Crippen MR) is 201 cm³/mol. The lowest BCUT2D eigenvalue weighted by molar-refractivity contribution is 1.07. The fourth-order valence-electron chi connectivity index (χ4n) is 6.70. The molecule has 0 aliphatic carbocycles. The Morgan fingerprint density at radius 1 is 0.327 bits per heavy atom. The van der Waals surface area contributed by atoms with Crippen LogP contribution in [-0.4, -0.2) is 19.5 Å². The van der Waals surface area contributed by atoms with Crippen LogP contribution in [-0.2, 0) is 0 Å². The molecule has 0 saturated heterocycles. The lowest BCUT2D eigenvalue weighted by Crippen LogP contribution is -2.00. The van der Waals surface area contributed by atoms with E-state index in [4.69, 9.17) is 15.0 Å². The van der Waals surface area contributed by atoms with Crippen LogP contribution in [0.15, 0.2) is 182 Å². The molecule has 0 N–H and O–H groups in total. The molecule has 0 saturated carbocycles. The Labute approximate surface area is 284 Å². The molecular weight excluding hydrogens is 597 g/mol. The van der Waals surface area contributed by atoms with E-state index in [0.29, 0.717) is 17.5 Å². The summed E-state index contributed by atoms with van der Waals surface area (Å²) in [5.74, 6) is 1.94. The maximum Gasteiger partial charge on any atom is 0.164 e. The van der Waals surface area contributed by atoms with Crippen molar-refractivity contribution in [3.05, 3.63) is 182 Å². The molecule has 0 aliphatic rings. The van der Waals surface area contributed by atoms with E-state index in [2.05, 4.69) is 126 Å². The van der Waals surface area contributed by atoms with Crippen LogP contribution in [0.1, 0.15) is 0 Å². The molecule has 49 heavy (non-hydrogen) atoms. The van der Waals surface area contributed by atoms with E-state index in [1.165, 1.54) is 38.5 Å². The molecule has 2 heterocycles. The van der Waals surface area contributed by atoms with Gasteiger partial charge in [-0.05, 0) is 59.2 Å². The molecule has 9 rings (SSSR count). The number of hydrogen-bond donors (Lipinski definition) is 0. The fourth-order valence-corrected chi connectivity index (χ4v) is 6.70. The first-order valence-corrected chi connectivity index (χ1v) is 16.5. The summed E-state index contributed by atoms with van der Waals surface area (Å²) in [5.41, 5.74) is 11.0. The third-order valence-corrected chi connectivity index (χ3v) is 9.04. The second-order valence-electron chi connectivity index (χ2n) is 12.1. The van der Waals surface area contributed by atoms with Crippen molar-refractivity contribution < 1.29 is 0 Å². The largest absolute Gasteiger partial charge is 0.309 e. The quantitative estimate of drug-likeness (QED) is 0.184. The highest BCUT2D eigenvalue weighted by molar-refractivity contribution is 6.15. The van der Waals surface area contributed by atoms with E-state index < -0.39 is 0 Å². The second-order valence-corrected chi connectivity index (χ2v) is 12.1. The van der Waals surface area contributed by atoms with Crippen molar-refractivity contribution >= 4 is 21.8 Å². The summed E-state index contributed by atoms with van der Waals surface area (Å²) in [5, 5.41) is 2.44. The summed E-state index contributed by atoms with van der Waals surface area (Å²) in [6, 6.07) is 63.5. The summed E-state index contributed by atoms with van der Waals surface area (Å²) < 4.78 is 2.39. The Balaban J connectivity index is 1.23. The monoisotopic (exact) mass is 626 g/mol. The van der Waals surface area contributed by atoms with Gasteiger partial charge in [-0.2, -0.15) is 0 Å². The Morgan fingerprint density at radius 3 is 1.33 bits per heavy atom. The van der Waals surface area contributed by atoms with E-state index in [-0.39, 0.29) is 0 Å². The van der Waals surface area contributed by atoms with Crippen molar-refractivity contribution in [2.24, 2.45) is 0 Å². The maximum absolute atomic E-state index is 4.95. The van der Waals surface area contributed by atoms with Crippen LogP contribution in [0.25, 0.3) is 83.9 Å². The smallest absolute Gasteiger partial charge is 0.164 e. The first-order valence-electron chi connectivity index (χ1n) is 16.5. The van der Waals surface area contributed by atoms with Crippen molar-refractivity contribution in [1.29, 1.82) is 0 Å². The van der Waals surface area contributed by atoms with Crippen LogP contribution in [0, 0.1) is 0 Å². The van der Waals surface area contributed by atoms with Gasteiger partial charge in [0.2, 0.25) is 0 Å². The Bertz CT molecular complexity index is 2500. The third-order valence-electron chi connectivity index (χ3n) is 9.04. The first-order chi connectivity index (χ1) is 24.3. The molecule has 230 valence electrons. The van der Waals surface area contributed by atoms with Gasteiger partial charge in [-0.15, -0.1) is 0 Å². The second kappa shape index (κ2) is 12.2. The first kappa shape index (κ1) is 28.6. The molecule has 0 radical (unpaired) electrons. The number of para-hydroxylation sites is 1. The maximum atomic E-state index is 4.95. The molecule has 0 amide bonds. The average molecular weight is 627 g/mol. The van der Waals surface area contributed by atoms with Crippen molar-refractivity contribution in [2.45, 2.75) is 0 Å². The minimum atomic E-state index is 0.638. The SMILES string of the molecule is c1ccc(-c2cc(-c3ccccc3)c3c(c2)c2ccccc2n3-c2ccc(-c3nc(-c4ccccc4)nc(-c4ccccc4)n3)cc2)cc1. The summed E-state index contributed by atoms with van der Waals surface area (Å²) in [7, 11) is 0. The molecule has 4 nitrogen and oxygen atoms in total. The Hall–Kier alpha value is -6.65. The molecular formula is C45H30N4. The van der Waals surface area contributed by atoms with Gasteiger partial charge >= 0.3 is 0 Å². The molecule has 7 aromatic carbocycles. The van der Waals surface area contributed by atoms with Crippen LogP contribution in [0.5, 0.6) is 0 Å². The zero-order chi connectivity index (χ0) is 32.6. The fraction of sp³-hybridized carbons (Fsp3) is 0. The van der Waals surface area contributed by atoms with Gasteiger partial charge in [0.05, 0.1) is 11.0 Å². The van der Waals surface area contributed by atoms with Gasteiger partial charge in [0.15, 0.2) is 17.5 Å². The van der Waals surface area contributed by atoms with Gasteiger partial charge in [-0.25, -0.2) is 15.0 Å². The highest BCUT2D eigenvalue weighted by Gasteiger charge is 2.19. The molecule has 0 fully saturated rings. The standard InChI is InChI=1S/C45H30N4/c1-5-15-31(16-6-1)36-29-39(32-17-7-2-8-18-32)42-40(30-36)38-23-13-14-24-41(38)49(42)37-27-25-35(26-28-37)45-47-43(33-19-9-3-10-20-33)46-44(48-45)34-21-11-4-12-22-34/h1-30H. The van der Waals surface area contributed by atoms with Gasteiger partial charge in [-0.3, -0.25) is 0 Å². The van der Waals surface area contributed by atoms with Crippen LogP contribution in [0.2, 0.25) is 0 Å². The highest BCUT2D eigenvalue weighted by Crippen LogP contribution is 2.41. The molecule has 0 aliphatic heterocycles. The summed E-state index contributed by atoms with van der Waals surface area (Å²) in [6.07, 6.45) is 0. The minimum Gasteiger partial charge on any atom is -0.309 e. The van der Waals surface area contributed by atoms with Crippen LogP contribution < -0.4 is 0 Å².